The number of ether oxygens (including phenoxy) is 1. The topological polar surface area (TPSA) is 104 Å². The van der Waals surface area contributed by atoms with Gasteiger partial charge in [-0.2, -0.15) is 6.07 Å². The number of aryl methyl sites for hydroxylation is 1. The second kappa shape index (κ2) is 40.1. The smallest absolute Gasteiger partial charge is 0.503 e. The number of rotatable bonds is 14. The van der Waals surface area contributed by atoms with E-state index in [1.165, 1.54) is 111 Å². The molecule has 3 radical (unpaired) electrons. The van der Waals surface area contributed by atoms with Gasteiger partial charge in [-0.05, 0) is 157 Å². The summed E-state index contributed by atoms with van der Waals surface area (Å²) in [5, 5.41) is 12.3. The van der Waals surface area contributed by atoms with Gasteiger partial charge in [0.15, 0.2) is 0 Å². The van der Waals surface area contributed by atoms with Crippen molar-refractivity contribution >= 4 is 116 Å². The third-order valence-corrected chi connectivity index (χ3v) is 26.0. The van der Waals surface area contributed by atoms with E-state index < -0.39 is 0 Å². The Labute approximate surface area is 852 Å². The van der Waals surface area contributed by atoms with E-state index in [0.717, 1.165) is 124 Å². The Morgan fingerprint density at radius 1 is 0.350 bits per heavy atom. The summed E-state index contributed by atoms with van der Waals surface area (Å²) in [4.78, 5) is 28.6. The summed E-state index contributed by atoms with van der Waals surface area (Å²) in [6.07, 6.45) is 11.8. The predicted molar refractivity (Wildman–Crippen MR) is 550 cm³/mol. The first-order chi connectivity index (χ1) is 65.3. The molecule has 0 N–H and O–H groups in total. The normalized spacial score (nSPS) is 12.4. The predicted octanol–water partition coefficient (Wildman–Crippen LogP) is 30.7. The number of aliphatic imine (C=N–C) groups is 2. The van der Waals surface area contributed by atoms with Crippen molar-refractivity contribution < 1.29 is 86.1 Å². The standard InChI is InChI=1S/C45H36N4O.C33H21N2.C29H29N2.C15H9N2.3Ir.Pt/c1-27(2)32-13-10-14-33(28(3)4)44(32)42-26-47-45-38-23-30(18-20-34(38)35-11-6-9-16-40(35)49(42)45)50-31-19-21-37-36-12-7-8-15-39(36)48(41(37)24-31)43-22-17-29(5)25-46-43;1-3-12-23(13-4-1)25-19-11-20-26(24-14-5-2-6-15-24)32(25)31-22-34-33-29-18-8-7-16-27(29)28-17-9-10-21-30(28)35(31)33;1-19(2)16-21-10-9-11-22(17-20(3)4)28(21)27-18-30-29-25-14-6-5-12-23(25)24-13-7-8-15-26(24)31(27)29;1-3-7-12-10(5-1)11-6-2-4-8-13(11)15-14(12)16-9-17-15;;;;/h6-22,25-28H,1-5H3;1-17,19-22H;5-13,15,18-20H,16-17H2,1-4H3;1-7,9,14H;;;;/q-2;3*-1;;;;+2. The second-order valence-electron chi connectivity index (χ2n) is 36.2. The van der Waals surface area contributed by atoms with Gasteiger partial charge in [0, 0.05) is 135 Å². The van der Waals surface area contributed by atoms with Crippen molar-refractivity contribution in [1.29, 1.82) is 0 Å². The third-order valence-electron chi connectivity index (χ3n) is 26.0. The quantitative estimate of drug-likeness (QED) is 0.0797. The fourth-order valence-corrected chi connectivity index (χ4v) is 20.2. The molecule has 8 aromatic heterocycles. The number of imidazole rings is 3. The van der Waals surface area contributed by atoms with Gasteiger partial charge >= 0.3 is 21.1 Å². The third kappa shape index (κ3) is 17.3. The number of nitrogens with zero attached hydrogens (tertiary/aromatic N) is 10. The van der Waals surface area contributed by atoms with Gasteiger partial charge in [0.05, 0.1) is 46.4 Å². The SMILES string of the molecule is CC(C)Cc1cccc(CC(C)C)c1-c1cnc2c3[c-]cccc3c3ccccc3n12.Cc1ccc(-n2c3[c-]c(Oc4[c-]c5c(cc4)c4ccccc4n4c(-c6c(C(C)C)cccc6C(C)C)cnc54)ccc3c3ccccc32)nc1.[Ir].[Ir].[Ir].[Pt+2].[c-]1cccc2c1C1=NC=NC1c1ccccc1-2.[c-]1cccc2c1c1ncc(-c3c(-c4ccccc4)cccc3-c3ccccc3)n1c1ccccc21. The van der Waals surface area contributed by atoms with Crippen LogP contribution in [0.3, 0.4) is 0 Å². The average molecular weight is 2490 g/mol. The van der Waals surface area contributed by atoms with E-state index in [1.807, 2.05) is 61.1 Å². The molecule has 1 aliphatic carbocycles. The minimum absolute atomic E-state index is 0. The van der Waals surface area contributed by atoms with Crippen LogP contribution in [0.15, 0.2) is 362 Å². The Hall–Kier alpha value is -13.3. The van der Waals surface area contributed by atoms with Crippen molar-refractivity contribution in [2.45, 2.75) is 93.0 Å². The zero-order valence-corrected chi connectivity index (χ0v) is 86.5. The van der Waals surface area contributed by atoms with Crippen molar-refractivity contribution in [1.82, 2.24) is 37.7 Å². The van der Waals surface area contributed by atoms with Crippen LogP contribution in [0.5, 0.6) is 11.5 Å². The monoisotopic (exact) mass is 2490 g/mol. The number of hydrogen-bond acceptors (Lipinski definition) is 7. The van der Waals surface area contributed by atoms with E-state index >= 15 is 0 Å². The summed E-state index contributed by atoms with van der Waals surface area (Å²) in [6, 6.07) is 132. The van der Waals surface area contributed by atoms with Gasteiger partial charge in [-0.3, -0.25) is 24.9 Å². The van der Waals surface area contributed by atoms with E-state index in [4.69, 9.17) is 24.7 Å². The maximum Gasteiger partial charge on any atom is 2.00 e. The number of aromatic nitrogens is 8. The molecular weight excluding hydrogens is 2390 g/mol. The number of para-hydroxylation sites is 4. The van der Waals surface area contributed by atoms with Gasteiger partial charge in [0.1, 0.15) is 5.82 Å². The van der Waals surface area contributed by atoms with Gasteiger partial charge < -0.3 is 22.5 Å². The molecule has 679 valence electrons. The Morgan fingerprint density at radius 3 is 1.32 bits per heavy atom. The zero-order chi connectivity index (χ0) is 90.1. The molecule has 0 spiro atoms. The van der Waals surface area contributed by atoms with E-state index in [0.29, 0.717) is 35.2 Å². The van der Waals surface area contributed by atoms with Gasteiger partial charge in [-0.1, -0.05) is 318 Å². The van der Waals surface area contributed by atoms with Crippen LogP contribution < -0.4 is 4.74 Å². The molecule has 137 heavy (non-hydrogen) atoms. The average Bonchev–Trinajstić information content (AvgIpc) is 1.54. The summed E-state index contributed by atoms with van der Waals surface area (Å²) in [7, 11) is 0. The molecular formula is C122H95Ir3N10OPt-3. The molecule has 1 atom stereocenters. The summed E-state index contributed by atoms with van der Waals surface area (Å²) in [5.41, 5.74) is 32.6. The van der Waals surface area contributed by atoms with Crippen molar-refractivity contribution in [3.8, 4) is 84.5 Å². The molecule has 15 heteroatoms. The second-order valence-corrected chi connectivity index (χ2v) is 36.2. The van der Waals surface area contributed by atoms with Crippen LogP contribution in [0.4, 0.5) is 0 Å². The molecule has 1 aliphatic heterocycles. The molecule has 25 rings (SSSR count). The van der Waals surface area contributed by atoms with Gasteiger partial charge in [0.25, 0.3) is 0 Å². The van der Waals surface area contributed by atoms with Crippen LogP contribution in [-0.4, -0.2) is 49.8 Å². The van der Waals surface area contributed by atoms with Crippen LogP contribution in [0.25, 0.3) is 177 Å². The van der Waals surface area contributed by atoms with E-state index in [-0.39, 0.29) is 87.4 Å². The molecule has 1 unspecified atom stereocenters. The van der Waals surface area contributed by atoms with E-state index in [2.05, 4.69) is 412 Å². The van der Waals surface area contributed by atoms with Gasteiger partial charge in [-0.25, -0.2) is 4.98 Å². The van der Waals surface area contributed by atoms with Crippen molar-refractivity contribution in [2.75, 3.05) is 0 Å². The minimum Gasteiger partial charge on any atom is -0.503 e. The first-order valence-electron chi connectivity index (χ1n) is 46.1. The summed E-state index contributed by atoms with van der Waals surface area (Å²) < 4.78 is 15.7. The van der Waals surface area contributed by atoms with Crippen molar-refractivity contribution in [3.05, 3.63) is 422 Å². The van der Waals surface area contributed by atoms with Crippen molar-refractivity contribution in [3.63, 3.8) is 0 Å². The van der Waals surface area contributed by atoms with Crippen molar-refractivity contribution in [2.24, 2.45) is 21.8 Å². The number of fused-ring (bicyclic) bond motifs is 27. The van der Waals surface area contributed by atoms with Gasteiger partial charge in [0.2, 0.25) is 0 Å². The molecule has 0 amide bonds. The molecule has 0 bridgehead atoms. The first kappa shape index (κ1) is 94.0. The van der Waals surface area contributed by atoms with Gasteiger partial charge in [-0.15, -0.1) is 119 Å². The summed E-state index contributed by atoms with van der Waals surface area (Å²) in [5.74, 6) is 3.98. The number of benzene rings is 15. The Kier molecular flexibility index (Phi) is 27.6. The number of hydrogen-bond donors (Lipinski definition) is 0. The molecule has 2 aliphatic rings. The molecule has 9 heterocycles. The Balaban J connectivity index is 0.000000127. The first-order valence-corrected chi connectivity index (χ1v) is 46.1. The molecule has 0 saturated heterocycles. The minimum atomic E-state index is 0. The van der Waals surface area contributed by atoms with Crippen LogP contribution in [0.2, 0.25) is 0 Å². The summed E-state index contributed by atoms with van der Waals surface area (Å²) in [6.45, 7) is 20.3. The van der Waals surface area contributed by atoms with E-state index in [9.17, 15) is 0 Å². The Bertz CT molecular complexity index is 8430. The molecule has 11 nitrogen and oxygen atoms in total. The maximum absolute atomic E-state index is 6.57. The zero-order valence-electron chi connectivity index (χ0n) is 77.1. The largest absolute Gasteiger partial charge is 2.00 e. The fourth-order valence-electron chi connectivity index (χ4n) is 20.2. The van der Waals surface area contributed by atoms with E-state index in [1.54, 1.807) is 6.34 Å². The number of pyridine rings is 4. The molecule has 23 aromatic rings. The fraction of sp³-hybridized carbons (Fsp3) is 0.131. The van der Waals surface area contributed by atoms with Crippen LogP contribution in [-0.2, 0) is 94.2 Å². The molecule has 15 aromatic carbocycles. The van der Waals surface area contributed by atoms with Crippen LogP contribution in [0, 0.1) is 49.1 Å². The van der Waals surface area contributed by atoms with Crippen LogP contribution >= 0.6 is 0 Å². The molecule has 0 saturated carbocycles. The maximum atomic E-state index is 6.57. The Morgan fingerprint density at radius 2 is 0.781 bits per heavy atom. The molecule has 0 fully saturated rings. The van der Waals surface area contributed by atoms with Crippen LogP contribution in [0.1, 0.15) is 112 Å². The summed E-state index contributed by atoms with van der Waals surface area (Å²) >= 11 is 0.